The van der Waals surface area contributed by atoms with Gasteiger partial charge in [-0.2, -0.15) is 13.2 Å². The number of hydrogen-bond donors (Lipinski definition) is 1. The molecule has 0 heterocycles. The fourth-order valence-corrected chi connectivity index (χ4v) is 1.55. The Morgan fingerprint density at radius 3 is 2.33 bits per heavy atom. The van der Waals surface area contributed by atoms with Crippen LogP contribution in [0.15, 0.2) is 24.3 Å². The third-order valence-corrected chi connectivity index (χ3v) is 2.38. The van der Waals surface area contributed by atoms with Crippen molar-refractivity contribution in [3.8, 4) is 5.75 Å². The van der Waals surface area contributed by atoms with Gasteiger partial charge >= 0.3 is 6.18 Å². The van der Waals surface area contributed by atoms with Crippen molar-refractivity contribution in [1.29, 1.82) is 0 Å². The molecule has 1 aromatic carbocycles. The first-order valence-corrected chi connectivity index (χ1v) is 5.82. The van der Waals surface area contributed by atoms with Crippen LogP contribution in [0.4, 0.5) is 13.2 Å². The third kappa shape index (κ3) is 4.22. The highest BCUT2D eigenvalue weighted by Gasteiger charge is 2.35. The highest BCUT2D eigenvalue weighted by Crippen LogP contribution is 2.37. The van der Waals surface area contributed by atoms with E-state index in [1.54, 1.807) is 13.8 Å². The van der Waals surface area contributed by atoms with E-state index >= 15 is 0 Å². The molecule has 0 radical (unpaired) electrons. The molecule has 18 heavy (non-hydrogen) atoms. The molecule has 0 unspecified atom stereocenters. The summed E-state index contributed by atoms with van der Waals surface area (Å²) >= 11 is 0. The van der Waals surface area contributed by atoms with Crippen LogP contribution >= 0.6 is 0 Å². The predicted octanol–water partition coefficient (Wildman–Crippen LogP) is 3.47. The molecule has 0 atom stereocenters. The molecule has 0 spiro atoms. The van der Waals surface area contributed by atoms with E-state index in [1.807, 2.05) is 6.92 Å². The minimum Gasteiger partial charge on any atom is -0.486 e. The van der Waals surface area contributed by atoms with Crippen LogP contribution in [0.25, 0.3) is 0 Å². The summed E-state index contributed by atoms with van der Waals surface area (Å²) in [5, 5.41) is 3.06. The Hall–Kier alpha value is -1.23. The number of rotatable bonds is 5. The number of halogens is 3. The summed E-state index contributed by atoms with van der Waals surface area (Å²) < 4.78 is 43.8. The van der Waals surface area contributed by atoms with Gasteiger partial charge in [-0.1, -0.05) is 19.1 Å². The lowest BCUT2D eigenvalue weighted by Gasteiger charge is -2.28. The van der Waals surface area contributed by atoms with Crippen molar-refractivity contribution in [2.45, 2.75) is 32.5 Å². The number of para-hydroxylation sites is 1. The van der Waals surface area contributed by atoms with Crippen molar-refractivity contribution in [3.05, 3.63) is 29.8 Å². The van der Waals surface area contributed by atoms with Gasteiger partial charge in [-0.3, -0.25) is 0 Å². The van der Waals surface area contributed by atoms with E-state index in [-0.39, 0.29) is 5.75 Å². The van der Waals surface area contributed by atoms with Gasteiger partial charge < -0.3 is 10.1 Å². The Bertz CT molecular complexity index is 388. The van der Waals surface area contributed by atoms with Gasteiger partial charge in [0.2, 0.25) is 0 Å². The number of likely N-dealkylation sites (N-methyl/N-ethyl adjacent to an activating group) is 1. The summed E-state index contributed by atoms with van der Waals surface area (Å²) in [6.07, 6.45) is -4.40. The lowest BCUT2D eigenvalue weighted by Crippen LogP contribution is -2.40. The van der Waals surface area contributed by atoms with Crippen LogP contribution in [0.3, 0.4) is 0 Å². The molecule has 2 nitrogen and oxygen atoms in total. The molecular formula is C13H18F3NO. The summed E-state index contributed by atoms with van der Waals surface area (Å²) in [5.41, 5.74) is -1.44. The molecule has 1 aromatic rings. The molecule has 102 valence electrons. The average Bonchev–Trinajstić information content (AvgIpc) is 2.25. The van der Waals surface area contributed by atoms with E-state index in [1.165, 1.54) is 18.2 Å². The average molecular weight is 261 g/mol. The van der Waals surface area contributed by atoms with Crippen molar-refractivity contribution in [2.24, 2.45) is 0 Å². The number of benzene rings is 1. The molecule has 0 aliphatic rings. The Kier molecular flexibility index (Phi) is 4.62. The zero-order valence-electron chi connectivity index (χ0n) is 10.8. The highest BCUT2D eigenvalue weighted by atomic mass is 19.4. The summed E-state index contributed by atoms with van der Waals surface area (Å²) in [7, 11) is 0. The van der Waals surface area contributed by atoms with Crippen LogP contribution in [-0.4, -0.2) is 18.7 Å². The fraction of sp³-hybridized carbons (Fsp3) is 0.538. The lowest BCUT2D eigenvalue weighted by molar-refractivity contribution is -0.139. The summed E-state index contributed by atoms with van der Waals surface area (Å²) in [4.78, 5) is 0. The van der Waals surface area contributed by atoms with Gasteiger partial charge in [0, 0.05) is 6.54 Å². The molecule has 1 N–H and O–H groups in total. The molecule has 1 rings (SSSR count). The maximum absolute atomic E-state index is 12.8. The van der Waals surface area contributed by atoms with Crippen LogP contribution < -0.4 is 10.1 Å². The van der Waals surface area contributed by atoms with Gasteiger partial charge in [-0.05, 0) is 32.5 Å². The van der Waals surface area contributed by atoms with E-state index < -0.39 is 17.3 Å². The molecule has 0 saturated heterocycles. The second-order valence-corrected chi connectivity index (χ2v) is 4.64. The maximum Gasteiger partial charge on any atom is 0.419 e. The van der Waals surface area contributed by atoms with Crippen LogP contribution in [-0.2, 0) is 6.18 Å². The quantitative estimate of drug-likeness (QED) is 0.876. The third-order valence-electron chi connectivity index (χ3n) is 2.38. The smallest absolute Gasteiger partial charge is 0.419 e. The first-order chi connectivity index (χ1) is 8.26. The van der Waals surface area contributed by atoms with Crippen molar-refractivity contribution in [1.82, 2.24) is 5.32 Å². The molecular weight excluding hydrogens is 243 g/mol. The normalized spacial score (nSPS) is 12.6. The van der Waals surface area contributed by atoms with Crippen LogP contribution in [0, 0.1) is 0 Å². The standard InChI is InChI=1S/C13H18F3NO/c1-4-17-9-12(2,3)18-11-8-6-5-7-10(11)13(14,15)16/h5-8,17H,4,9H2,1-3H3. The number of ether oxygens (including phenoxy) is 1. The molecule has 5 heteroatoms. The molecule has 0 bridgehead atoms. The highest BCUT2D eigenvalue weighted by molar-refractivity contribution is 5.36. The molecule has 0 amide bonds. The maximum atomic E-state index is 12.8. The second-order valence-electron chi connectivity index (χ2n) is 4.64. The zero-order valence-corrected chi connectivity index (χ0v) is 10.8. The SMILES string of the molecule is CCNCC(C)(C)Oc1ccccc1C(F)(F)F. The van der Waals surface area contributed by atoms with E-state index in [9.17, 15) is 13.2 Å². The van der Waals surface area contributed by atoms with Crippen molar-refractivity contribution in [2.75, 3.05) is 13.1 Å². The van der Waals surface area contributed by atoms with Crippen LogP contribution in [0.2, 0.25) is 0 Å². The Labute approximate surface area is 105 Å². The van der Waals surface area contributed by atoms with Gasteiger partial charge in [-0.15, -0.1) is 0 Å². The summed E-state index contributed by atoms with van der Waals surface area (Å²) in [6, 6.07) is 5.26. The Morgan fingerprint density at radius 1 is 1.17 bits per heavy atom. The number of hydrogen-bond acceptors (Lipinski definition) is 2. The topological polar surface area (TPSA) is 21.3 Å². The molecule has 0 aliphatic heterocycles. The van der Waals surface area contributed by atoms with Gasteiger partial charge in [0.25, 0.3) is 0 Å². The molecule has 0 aromatic heterocycles. The first kappa shape index (κ1) is 14.8. The first-order valence-electron chi connectivity index (χ1n) is 5.82. The van der Waals surface area contributed by atoms with Crippen LogP contribution in [0.5, 0.6) is 5.75 Å². The van der Waals surface area contributed by atoms with Gasteiger partial charge in [-0.25, -0.2) is 0 Å². The van der Waals surface area contributed by atoms with E-state index in [0.29, 0.717) is 6.54 Å². The molecule has 0 saturated carbocycles. The van der Waals surface area contributed by atoms with E-state index in [2.05, 4.69) is 5.32 Å². The molecule has 0 aliphatic carbocycles. The summed E-state index contributed by atoms with van der Waals surface area (Å²) in [5.74, 6) is -0.132. The Balaban J connectivity index is 2.91. The van der Waals surface area contributed by atoms with Crippen molar-refractivity contribution in [3.63, 3.8) is 0 Å². The van der Waals surface area contributed by atoms with Gasteiger partial charge in [0.1, 0.15) is 11.4 Å². The minimum absolute atomic E-state index is 0.132. The fourth-order valence-electron chi connectivity index (χ4n) is 1.55. The van der Waals surface area contributed by atoms with Crippen molar-refractivity contribution >= 4 is 0 Å². The lowest BCUT2D eigenvalue weighted by atomic mass is 10.1. The monoisotopic (exact) mass is 261 g/mol. The largest absolute Gasteiger partial charge is 0.486 e. The number of nitrogens with one attached hydrogen (secondary N) is 1. The Morgan fingerprint density at radius 2 is 1.78 bits per heavy atom. The molecule has 0 fully saturated rings. The van der Waals surface area contributed by atoms with Crippen LogP contribution in [0.1, 0.15) is 26.3 Å². The van der Waals surface area contributed by atoms with E-state index in [0.717, 1.165) is 12.6 Å². The van der Waals surface area contributed by atoms with Gasteiger partial charge in [0.05, 0.1) is 5.56 Å². The zero-order chi connectivity index (χ0) is 13.8. The number of alkyl halides is 3. The van der Waals surface area contributed by atoms with Crippen molar-refractivity contribution < 1.29 is 17.9 Å². The van der Waals surface area contributed by atoms with Gasteiger partial charge in [0.15, 0.2) is 0 Å². The summed E-state index contributed by atoms with van der Waals surface area (Å²) in [6.45, 7) is 6.66. The second kappa shape index (κ2) is 5.61. The predicted molar refractivity (Wildman–Crippen MR) is 64.7 cm³/mol. The van der Waals surface area contributed by atoms with E-state index in [4.69, 9.17) is 4.74 Å². The minimum atomic E-state index is -4.40.